The zero-order valence-corrected chi connectivity index (χ0v) is 15.3. The summed E-state index contributed by atoms with van der Waals surface area (Å²) in [5.74, 6) is -0.186. The fourth-order valence-electron chi connectivity index (χ4n) is 1.99. The minimum Gasteiger partial charge on any atom is -0.506 e. The summed E-state index contributed by atoms with van der Waals surface area (Å²) in [5.41, 5.74) is -0.0919. The van der Waals surface area contributed by atoms with E-state index in [1.54, 1.807) is 0 Å². The van der Waals surface area contributed by atoms with E-state index in [0.717, 1.165) is 12.1 Å². The third-order valence-corrected chi connectivity index (χ3v) is 4.83. The lowest BCUT2D eigenvalue weighted by atomic mass is 9.97. The van der Waals surface area contributed by atoms with Gasteiger partial charge in [0.15, 0.2) is 0 Å². The highest BCUT2D eigenvalue weighted by Gasteiger charge is 2.34. The van der Waals surface area contributed by atoms with Crippen molar-refractivity contribution in [2.24, 2.45) is 0 Å². The molecule has 0 saturated heterocycles. The molecule has 0 aliphatic carbocycles. The molecule has 2 aromatic carbocycles. The van der Waals surface area contributed by atoms with Crippen LogP contribution in [-0.4, -0.2) is 5.11 Å². The number of phenolic OH excluding ortho intramolecular Hbond substituents is 1. The molecule has 0 aliphatic heterocycles. The van der Waals surface area contributed by atoms with E-state index in [1.165, 1.54) is 12.1 Å². The lowest BCUT2D eigenvalue weighted by Crippen LogP contribution is -2.06. The number of rotatable bonds is 2. The molecule has 0 aliphatic rings. The Kier molecular flexibility index (Phi) is 5.37. The van der Waals surface area contributed by atoms with E-state index in [9.17, 15) is 18.3 Å². The summed E-state index contributed by atoms with van der Waals surface area (Å²) in [7, 11) is 0. The molecule has 0 bridgehead atoms. The van der Waals surface area contributed by atoms with E-state index in [4.69, 9.17) is 23.2 Å². The van der Waals surface area contributed by atoms with Gasteiger partial charge in [-0.3, -0.25) is 0 Å². The van der Waals surface area contributed by atoms with Crippen molar-refractivity contribution in [2.45, 2.75) is 11.5 Å². The average Bonchev–Trinajstić information content (AvgIpc) is 2.42. The summed E-state index contributed by atoms with van der Waals surface area (Å²) in [6.07, 6.45) is -4.59. The Labute approximate surface area is 151 Å². The molecule has 0 fully saturated rings. The van der Waals surface area contributed by atoms with Crippen LogP contribution in [-0.2, 0) is 11.5 Å². The third kappa shape index (κ3) is 3.40. The van der Waals surface area contributed by atoms with Crippen LogP contribution in [0.3, 0.4) is 0 Å². The van der Waals surface area contributed by atoms with Gasteiger partial charge in [0.25, 0.3) is 0 Å². The standard InChI is InChI=1S/C14H7Br2Cl2F3O/c15-5-7-11(18)4-9(16)13(22)12(7)6-1-2-10(17)8(3-6)14(19,20)21/h1-4,22H,5H2. The molecule has 0 atom stereocenters. The highest BCUT2D eigenvalue weighted by molar-refractivity contribution is 9.10. The smallest absolute Gasteiger partial charge is 0.417 e. The van der Waals surface area contributed by atoms with Gasteiger partial charge in [-0.2, -0.15) is 13.2 Å². The molecule has 0 heterocycles. The molecule has 2 aromatic rings. The second kappa shape index (κ2) is 6.59. The van der Waals surface area contributed by atoms with Gasteiger partial charge in [0.05, 0.1) is 15.1 Å². The predicted molar refractivity (Wildman–Crippen MR) is 88.9 cm³/mol. The highest BCUT2D eigenvalue weighted by atomic mass is 79.9. The molecule has 0 spiro atoms. The lowest BCUT2D eigenvalue weighted by Gasteiger charge is -2.16. The number of halogens is 7. The quantitative estimate of drug-likeness (QED) is 0.459. The zero-order chi connectivity index (χ0) is 16.7. The van der Waals surface area contributed by atoms with Crippen LogP contribution < -0.4 is 0 Å². The largest absolute Gasteiger partial charge is 0.506 e. The Morgan fingerprint density at radius 2 is 1.73 bits per heavy atom. The van der Waals surface area contributed by atoms with Gasteiger partial charge in [-0.1, -0.05) is 45.2 Å². The summed E-state index contributed by atoms with van der Waals surface area (Å²) in [5, 5.41) is 10.4. The van der Waals surface area contributed by atoms with E-state index in [2.05, 4.69) is 31.9 Å². The SMILES string of the molecule is Oc1c(Br)cc(Cl)c(CBr)c1-c1ccc(Cl)c(C(F)(F)F)c1. The monoisotopic (exact) mass is 476 g/mol. The molecule has 0 saturated carbocycles. The number of hydrogen-bond donors (Lipinski definition) is 1. The van der Waals surface area contributed by atoms with Crippen LogP contribution in [0.5, 0.6) is 5.75 Å². The molecule has 0 amide bonds. The van der Waals surface area contributed by atoms with Crippen LogP contribution in [0.1, 0.15) is 11.1 Å². The second-order valence-electron chi connectivity index (χ2n) is 4.37. The van der Waals surface area contributed by atoms with Crippen LogP contribution in [0.2, 0.25) is 10.0 Å². The topological polar surface area (TPSA) is 20.2 Å². The van der Waals surface area contributed by atoms with Crippen LogP contribution >= 0.6 is 55.1 Å². The molecule has 2 rings (SSSR count). The number of benzene rings is 2. The van der Waals surface area contributed by atoms with Crippen LogP contribution in [0, 0.1) is 0 Å². The average molecular weight is 479 g/mol. The normalized spacial score (nSPS) is 11.8. The highest BCUT2D eigenvalue weighted by Crippen LogP contribution is 2.45. The predicted octanol–water partition coefficient (Wildman–Crippen LogP) is 7.04. The van der Waals surface area contributed by atoms with E-state index < -0.39 is 16.8 Å². The Morgan fingerprint density at radius 1 is 1.09 bits per heavy atom. The molecule has 22 heavy (non-hydrogen) atoms. The summed E-state index contributed by atoms with van der Waals surface area (Å²) >= 11 is 18.1. The van der Waals surface area contributed by atoms with Crippen molar-refractivity contribution >= 4 is 55.1 Å². The summed E-state index contributed by atoms with van der Waals surface area (Å²) in [4.78, 5) is 0. The number of alkyl halides is 4. The lowest BCUT2D eigenvalue weighted by molar-refractivity contribution is -0.137. The van der Waals surface area contributed by atoms with Crippen molar-refractivity contribution in [1.29, 1.82) is 0 Å². The number of hydrogen-bond acceptors (Lipinski definition) is 1. The first-order valence-electron chi connectivity index (χ1n) is 5.79. The van der Waals surface area contributed by atoms with E-state index >= 15 is 0 Å². The third-order valence-electron chi connectivity index (χ3n) is 3.00. The molecule has 1 nitrogen and oxygen atoms in total. The minimum atomic E-state index is -4.59. The van der Waals surface area contributed by atoms with Crippen molar-refractivity contribution in [3.05, 3.63) is 49.9 Å². The van der Waals surface area contributed by atoms with Gasteiger partial charge in [-0.25, -0.2) is 0 Å². The van der Waals surface area contributed by atoms with Gasteiger partial charge in [0.2, 0.25) is 0 Å². The van der Waals surface area contributed by atoms with Gasteiger partial charge >= 0.3 is 6.18 Å². The molecule has 0 aromatic heterocycles. The molecule has 1 N–H and O–H groups in total. The molecule has 0 radical (unpaired) electrons. The van der Waals surface area contributed by atoms with Crippen LogP contribution in [0.4, 0.5) is 13.2 Å². The first-order valence-corrected chi connectivity index (χ1v) is 8.46. The maximum absolute atomic E-state index is 13.0. The Bertz CT molecular complexity index is 733. The van der Waals surface area contributed by atoms with Crippen LogP contribution in [0.25, 0.3) is 11.1 Å². The van der Waals surface area contributed by atoms with Gasteiger partial charge in [-0.05, 0) is 45.3 Å². The van der Waals surface area contributed by atoms with Gasteiger partial charge in [-0.15, -0.1) is 0 Å². The van der Waals surface area contributed by atoms with Gasteiger partial charge < -0.3 is 5.11 Å². The summed E-state index contributed by atoms with van der Waals surface area (Å²) in [6.45, 7) is 0. The Hall–Kier alpha value is -0.430. The molecule has 8 heteroatoms. The fraction of sp³-hybridized carbons (Fsp3) is 0.143. The van der Waals surface area contributed by atoms with Crippen molar-refractivity contribution in [2.75, 3.05) is 0 Å². The van der Waals surface area contributed by atoms with E-state index in [-0.39, 0.29) is 22.2 Å². The minimum absolute atomic E-state index is 0.173. The fourth-order valence-corrected chi connectivity index (χ4v) is 3.79. The van der Waals surface area contributed by atoms with Crippen molar-refractivity contribution in [1.82, 2.24) is 0 Å². The Morgan fingerprint density at radius 3 is 2.27 bits per heavy atom. The Balaban J connectivity index is 2.78. The number of phenols is 1. The maximum atomic E-state index is 13.0. The second-order valence-corrected chi connectivity index (χ2v) is 6.60. The van der Waals surface area contributed by atoms with Crippen molar-refractivity contribution in [3.8, 4) is 16.9 Å². The van der Waals surface area contributed by atoms with Gasteiger partial charge in [0, 0.05) is 15.9 Å². The van der Waals surface area contributed by atoms with Gasteiger partial charge in [0.1, 0.15) is 5.75 Å². The maximum Gasteiger partial charge on any atom is 0.417 e. The molecular weight excluding hydrogens is 472 g/mol. The molecule has 118 valence electrons. The first-order chi connectivity index (χ1) is 10.2. The van der Waals surface area contributed by atoms with Crippen molar-refractivity contribution in [3.63, 3.8) is 0 Å². The zero-order valence-electron chi connectivity index (χ0n) is 10.6. The molecule has 0 unspecified atom stereocenters. The van der Waals surface area contributed by atoms with Crippen molar-refractivity contribution < 1.29 is 18.3 Å². The first kappa shape index (κ1) is 17.9. The summed E-state index contributed by atoms with van der Waals surface area (Å²) < 4.78 is 39.3. The van der Waals surface area contributed by atoms with E-state index in [0.29, 0.717) is 15.1 Å². The number of aromatic hydroxyl groups is 1. The van der Waals surface area contributed by atoms with Crippen LogP contribution in [0.15, 0.2) is 28.7 Å². The molecular formula is C14H7Br2Cl2F3O. The summed E-state index contributed by atoms with van der Waals surface area (Å²) in [6, 6.07) is 4.93. The van der Waals surface area contributed by atoms with E-state index in [1.807, 2.05) is 0 Å².